The van der Waals surface area contributed by atoms with E-state index < -0.39 is 11.2 Å². The van der Waals surface area contributed by atoms with Crippen LogP contribution in [-0.4, -0.2) is 39.0 Å². The first-order valence-corrected chi connectivity index (χ1v) is 10.9. The number of nitrogens with zero attached hydrogens (tertiary/aromatic N) is 2. The van der Waals surface area contributed by atoms with Crippen LogP contribution in [0.2, 0.25) is 0 Å². The first-order valence-electron chi connectivity index (χ1n) is 8.79. The standard InChI is InChI=1S/C20H18N4O3S2/c1-27-7-8-29(26)20-18(21)17-13(12-5-3-2-4-6-12)9-15(24-19(17)28-20)14-10-16(25)23-11-22-14/h2-6,9-11H,7-8,21H2,1H3,(H,22,23,25)/t29-/m1/s1. The van der Waals surface area contributed by atoms with E-state index in [1.54, 1.807) is 7.11 Å². The van der Waals surface area contributed by atoms with E-state index in [2.05, 4.69) is 15.0 Å². The lowest BCUT2D eigenvalue weighted by atomic mass is 10.0. The van der Waals surface area contributed by atoms with Gasteiger partial charge in [0, 0.05) is 29.7 Å². The molecule has 0 unspecified atom stereocenters. The van der Waals surface area contributed by atoms with Crippen molar-refractivity contribution < 1.29 is 9.29 Å². The Bertz CT molecular complexity index is 1210. The van der Waals surface area contributed by atoms with Crippen molar-refractivity contribution in [2.45, 2.75) is 4.21 Å². The third-order valence-corrected chi connectivity index (χ3v) is 7.24. The number of thiophene rings is 1. The summed E-state index contributed by atoms with van der Waals surface area (Å²) in [6, 6.07) is 13.0. The van der Waals surface area contributed by atoms with Gasteiger partial charge in [-0.2, -0.15) is 0 Å². The molecule has 0 radical (unpaired) electrons. The molecule has 4 aromatic rings. The maximum absolute atomic E-state index is 12.7. The summed E-state index contributed by atoms with van der Waals surface area (Å²) in [6.45, 7) is 0.376. The fourth-order valence-corrected chi connectivity index (χ4v) is 5.57. The number of pyridine rings is 1. The van der Waals surface area contributed by atoms with Crippen molar-refractivity contribution in [2.24, 2.45) is 0 Å². The fourth-order valence-electron chi connectivity index (χ4n) is 3.01. The number of hydrogen-bond donors (Lipinski definition) is 2. The summed E-state index contributed by atoms with van der Waals surface area (Å²) in [5.41, 5.74) is 9.46. The molecule has 0 fully saturated rings. The molecule has 3 heterocycles. The Labute approximate surface area is 173 Å². The number of nitrogens with one attached hydrogen (secondary N) is 1. The average Bonchev–Trinajstić information content (AvgIpc) is 3.08. The zero-order valence-corrected chi connectivity index (χ0v) is 17.2. The largest absolute Gasteiger partial charge is 0.611 e. The van der Waals surface area contributed by atoms with Gasteiger partial charge in [-0.05, 0) is 17.2 Å². The highest BCUT2D eigenvalue weighted by Crippen LogP contribution is 2.43. The van der Waals surface area contributed by atoms with Crippen LogP contribution < -0.4 is 11.3 Å². The first-order chi connectivity index (χ1) is 14.1. The van der Waals surface area contributed by atoms with Crippen molar-refractivity contribution in [3.05, 3.63) is 59.1 Å². The maximum Gasteiger partial charge on any atom is 0.251 e. The number of H-pyrrole nitrogens is 1. The number of rotatable bonds is 6. The predicted octanol–water partition coefficient (Wildman–Crippen LogP) is 3.05. The summed E-state index contributed by atoms with van der Waals surface area (Å²) in [6.07, 6.45) is 1.35. The summed E-state index contributed by atoms with van der Waals surface area (Å²) in [7, 11) is 1.57. The summed E-state index contributed by atoms with van der Waals surface area (Å²) in [5.74, 6) is 0.358. The van der Waals surface area contributed by atoms with Crippen LogP contribution in [0.3, 0.4) is 0 Å². The minimum Gasteiger partial charge on any atom is -0.611 e. The van der Waals surface area contributed by atoms with Gasteiger partial charge in [0.15, 0.2) is 0 Å². The van der Waals surface area contributed by atoms with Gasteiger partial charge in [-0.15, -0.1) is 0 Å². The molecule has 4 rings (SSSR count). The average molecular weight is 427 g/mol. The Morgan fingerprint density at radius 1 is 1.24 bits per heavy atom. The number of aromatic amines is 1. The molecule has 148 valence electrons. The van der Waals surface area contributed by atoms with Gasteiger partial charge < -0.3 is 20.0 Å². The van der Waals surface area contributed by atoms with E-state index in [0.717, 1.165) is 16.5 Å². The second-order valence-corrected chi connectivity index (χ2v) is 9.01. The molecule has 0 aliphatic carbocycles. The number of fused-ring (bicyclic) bond motifs is 1. The molecule has 7 nitrogen and oxygen atoms in total. The maximum atomic E-state index is 12.7. The van der Waals surface area contributed by atoms with E-state index >= 15 is 0 Å². The molecule has 0 amide bonds. The van der Waals surface area contributed by atoms with E-state index in [0.29, 0.717) is 38.5 Å². The number of aromatic nitrogens is 3. The number of nitrogen functional groups attached to an aromatic ring is 1. The van der Waals surface area contributed by atoms with Crippen molar-refractivity contribution in [1.29, 1.82) is 0 Å². The number of anilines is 1. The predicted molar refractivity (Wildman–Crippen MR) is 116 cm³/mol. The van der Waals surface area contributed by atoms with Crippen LogP contribution >= 0.6 is 11.3 Å². The van der Waals surface area contributed by atoms with Crippen LogP contribution in [0.25, 0.3) is 32.7 Å². The molecule has 0 saturated carbocycles. The molecular formula is C20H18N4O3S2. The van der Waals surface area contributed by atoms with E-state index in [4.69, 9.17) is 10.5 Å². The Morgan fingerprint density at radius 2 is 2.03 bits per heavy atom. The minimum absolute atomic E-state index is 0.259. The van der Waals surface area contributed by atoms with Gasteiger partial charge in [0.25, 0.3) is 5.56 Å². The van der Waals surface area contributed by atoms with E-state index in [9.17, 15) is 9.35 Å². The van der Waals surface area contributed by atoms with Crippen molar-refractivity contribution >= 4 is 38.4 Å². The highest BCUT2D eigenvalue weighted by Gasteiger charge is 2.25. The minimum atomic E-state index is -1.29. The molecular weight excluding hydrogens is 408 g/mol. The van der Waals surface area contributed by atoms with Gasteiger partial charge in [-0.3, -0.25) is 4.79 Å². The van der Waals surface area contributed by atoms with Crippen LogP contribution in [0.5, 0.6) is 0 Å². The summed E-state index contributed by atoms with van der Waals surface area (Å²) in [5, 5.41) is 0.760. The zero-order valence-electron chi connectivity index (χ0n) is 15.5. The van der Waals surface area contributed by atoms with Crippen molar-refractivity contribution in [1.82, 2.24) is 15.0 Å². The summed E-state index contributed by atoms with van der Waals surface area (Å²) >= 11 is 0.00971. The molecule has 9 heteroatoms. The van der Waals surface area contributed by atoms with Gasteiger partial charge in [0.05, 0.1) is 24.3 Å². The Kier molecular flexibility index (Phi) is 5.63. The van der Waals surface area contributed by atoms with Crippen molar-refractivity contribution in [2.75, 3.05) is 25.2 Å². The molecule has 0 spiro atoms. The van der Waals surface area contributed by atoms with Gasteiger partial charge in [-0.25, -0.2) is 9.97 Å². The number of ether oxygens (including phenoxy) is 1. The van der Waals surface area contributed by atoms with Crippen molar-refractivity contribution in [3.8, 4) is 22.5 Å². The van der Waals surface area contributed by atoms with Crippen LogP contribution in [0.4, 0.5) is 5.69 Å². The lowest BCUT2D eigenvalue weighted by molar-refractivity contribution is 0.217. The molecule has 1 atom stereocenters. The Hall–Kier alpha value is -2.72. The topological polar surface area (TPSA) is 117 Å². The van der Waals surface area contributed by atoms with Crippen molar-refractivity contribution in [3.63, 3.8) is 0 Å². The molecule has 0 aliphatic heterocycles. The highest BCUT2D eigenvalue weighted by atomic mass is 32.2. The number of hydrogen-bond acceptors (Lipinski definition) is 7. The second kappa shape index (κ2) is 8.34. The van der Waals surface area contributed by atoms with Crippen LogP contribution in [0, 0.1) is 0 Å². The molecule has 3 aromatic heterocycles. The lowest BCUT2D eigenvalue weighted by Crippen LogP contribution is -2.11. The third-order valence-electron chi connectivity index (χ3n) is 4.37. The first kappa shape index (κ1) is 19.6. The fraction of sp³-hybridized carbons (Fsp3) is 0.150. The van der Waals surface area contributed by atoms with Gasteiger partial charge >= 0.3 is 0 Å². The van der Waals surface area contributed by atoms with Gasteiger partial charge in [0.2, 0.25) is 4.21 Å². The third kappa shape index (κ3) is 3.90. The number of benzene rings is 1. The Morgan fingerprint density at radius 3 is 2.76 bits per heavy atom. The normalized spacial score (nSPS) is 12.3. The molecule has 0 saturated heterocycles. The smallest absolute Gasteiger partial charge is 0.251 e. The van der Waals surface area contributed by atoms with Gasteiger partial charge in [0.1, 0.15) is 16.3 Å². The quantitative estimate of drug-likeness (QED) is 0.458. The lowest BCUT2D eigenvalue weighted by Gasteiger charge is -2.09. The molecule has 0 aliphatic rings. The van der Waals surface area contributed by atoms with E-state index in [1.165, 1.54) is 23.7 Å². The number of nitrogens with two attached hydrogens (primary N) is 1. The number of methoxy groups -OCH3 is 1. The monoisotopic (exact) mass is 426 g/mol. The van der Waals surface area contributed by atoms with Crippen LogP contribution in [0.15, 0.2) is 57.8 Å². The second-order valence-electron chi connectivity index (χ2n) is 6.24. The SMILES string of the molecule is COCC[S@@+]([O-])c1sc2nc(-c3cc(=O)[nH]cn3)cc(-c3ccccc3)c2c1N. The Balaban J connectivity index is 1.96. The summed E-state index contributed by atoms with van der Waals surface area (Å²) in [4.78, 5) is 23.8. The van der Waals surface area contributed by atoms with E-state index in [1.807, 2.05) is 36.4 Å². The van der Waals surface area contributed by atoms with E-state index in [-0.39, 0.29) is 5.56 Å². The van der Waals surface area contributed by atoms with Crippen LogP contribution in [-0.2, 0) is 15.9 Å². The molecule has 29 heavy (non-hydrogen) atoms. The molecule has 3 N–H and O–H groups in total. The zero-order chi connectivity index (χ0) is 20.4. The summed E-state index contributed by atoms with van der Waals surface area (Å²) < 4.78 is 18.3. The van der Waals surface area contributed by atoms with Gasteiger partial charge in [-0.1, -0.05) is 41.7 Å². The highest BCUT2D eigenvalue weighted by molar-refractivity contribution is 7.93. The molecule has 0 bridgehead atoms. The van der Waals surface area contributed by atoms with Crippen LogP contribution in [0.1, 0.15) is 0 Å². The molecule has 1 aromatic carbocycles.